The summed E-state index contributed by atoms with van der Waals surface area (Å²) in [6.07, 6.45) is 0. The van der Waals surface area contributed by atoms with Crippen LogP contribution in [0.5, 0.6) is 5.75 Å². The minimum atomic E-state index is -0.115. The second kappa shape index (κ2) is 9.07. The Bertz CT molecular complexity index is 979. The predicted octanol–water partition coefficient (Wildman–Crippen LogP) is 4.11. The molecule has 0 saturated carbocycles. The summed E-state index contributed by atoms with van der Waals surface area (Å²) in [4.78, 5) is 15.0. The van der Waals surface area contributed by atoms with Crippen molar-refractivity contribution < 1.29 is 14.3 Å². The van der Waals surface area contributed by atoms with Gasteiger partial charge >= 0.3 is 0 Å². The fourth-order valence-electron chi connectivity index (χ4n) is 3.52. The van der Waals surface area contributed by atoms with Crippen LogP contribution in [0, 0.1) is 6.92 Å². The second-order valence-corrected chi connectivity index (χ2v) is 7.28. The third-order valence-electron chi connectivity index (χ3n) is 5.21. The van der Waals surface area contributed by atoms with Crippen molar-refractivity contribution in [2.24, 2.45) is 0 Å². The molecule has 150 valence electrons. The van der Waals surface area contributed by atoms with Crippen molar-refractivity contribution in [1.29, 1.82) is 0 Å². The fourth-order valence-corrected chi connectivity index (χ4v) is 3.52. The van der Waals surface area contributed by atoms with Gasteiger partial charge in [-0.3, -0.25) is 9.69 Å². The number of ether oxygens (including phenoxy) is 2. The van der Waals surface area contributed by atoms with Crippen molar-refractivity contribution in [3.05, 3.63) is 71.8 Å². The number of nitrogens with one attached hydrogen (secondary N) is 1. The third kappa shape index (κ3) is 4.75. The van der Waals surface area contributed by atoms with E-state index >= 15 is 0 Å². The SMILES string of the molecule is Cc1ccc(C(=O)Nc2ccc(OCCN3CCOCC3)c3ccccc23)cc1. The van der Waals surface area contributed by atoms with Gasteiger partial charge in [-0.15, -0.1) is 0 Å². The summed E-state index contributed by atoms with van der Waals surface area (Å²) in [5.74, 6) is 0.721. The molecule has 1 heterocycles. The standard InChI is InChI=1S/C24H26N2O3/c1-18-6-8-19(9-7-18)24(27)25-22-10-11-23(21-5-3-2-4-20(21)22)29-17-14-26-12-15-28-16-13-26/h2-11H,12-17H2,1H3,(H,25,27). The summed E-state index contributed by atoms with van der Waals surface area (Å²) in [6, 6.07) is 19.4. The summed E-state index contributed by atoms with van der Waals surface area (Å²) in [7, 11) is 0. The number of amides is 1. The van der Waals surface area contributed by atoms with Gasteiger partial charge in [0.15, 0.2) is 0 Å². The fraction of sp³-hybridized carbons (Fsp3) is 0.292. The molecule has 1 aliphatic rings. The van der Waals surface area contributed by atoms with E-state index in [1.165, 1.54) is 0 Å². The van der Waals surface area contributed by atoms with Gasteiger partial charge in [0.05, 0.1) is 13.2 Å². The first-order chi connectivity index (χ1) is 14.2. The summed E-state index contributed by atoms with van der Waals surface area (Å²) < 4.78 is 11.5. The molecule has 29 heavy (non-hydrogen) atoms. The van der Waals surface area contributed by atoms with E-state index in [9.17, 15) is 4.79 Å². The monoisotopic (exact) mass is 390 g/mol. The van der Waals surface area contributed by atoms with Crippen LogP contribution in [-0.2, 0) is 4.74 Å². The van der Waals surface area contributed by atoms with Gasteiger partial charge < -0.3 is 14.8 Å². The van der Waals surface area contributed by atoms with E-state index in [1.807, 2.05) is 67.6 Å². The van der Waals surface area contributed by atoms with Crippen LogP contribution in [0.1, 0.15) is 15.9 Å². The first-order valence-electron chi connectivity index (χ1n) is 10.0. The Kier molecular flexibility index (Phi) is 6.08. The molecule has 0 unspecified atom stereocenters. The first-order valence-corrected chi connectivity index (χ1v) is 10.0. The van der Waals surface area contributed by atoms with Gasteiger partial charge in [-0.2, -0.15) is 0 Å². The Labute approximate surface area is 171 Å². The smallest absolute Gasteiger partial charge is 0.255 e. The molecule has 0 bridgehead atoms. The van der Waals surface area contributed by atoms with Gasteiger partial charge in [0.1, 0.15) is 12.4 Å². The lowest BCUT2D eigenvalue weighted by atomic mass is 10.1. The predicted molar refractivity (Wildman–Crippen MR) is 116 cm³/mol. The number of nitrogens with zero attached hydrogens (tertiary/aromatic N) is 1. The summed E-state index contributed by atoms with van der Waals surface area (Å²) in [5, 5.41) is 5.00. The third-order valence-corrected chi connectivity index (χ3v) is 5.21. The van der Waals surface area contributed by atoms with E-state index in [0.717, 1.165) is 60.6 Å². The number of hydrogen-bond donors (Lipinski definition) is 1. The van der Waals surface area contributed by atoms with Crippen LogP contribution in [0.4, 0.5) is 5.69 Å². The number of anilines is 1. The van der Waals surface area contributed by atoms with Gasteiger partial charge in [0.25, 0.3) is 5.91 Å². The molecule has 1 aliphatic heterocycles. The van der Waals surface area contributed by atoms with Crippen LogP contribution in [0.15, 0.2) is 60.7 Å². The molecule has 0 spiro atoms. The minimum Gasteiger partial charge on any atom is -0.492 e. The highest BCUT2D eigenvalue weighted by Crippen LogP contribution is 2.32. The molecule has 1 saturated heterocycles. The van der Waals surface area contributed by atoms with Crippen molar-refractivity contribution in [1.82, 2.24) is 4.90 Å². The average Bonchev–Trinajstić information content (AvgIpc) is 2.76. The Morgan fingerprint density at radius 3 is 2.48 bits per heavy atom. The Hall–Kier alpha value is -2.89. The summed E-state index contributed by atoms with van der Waals surface area (Å²) in [6.45, 7) is 6.99. The molecule has 0 atom stereocenters. The summed E-state index contributed by atoms with van der Waals surface area (Å²) in [5.41, 5.74) is 2.56. The maximum atomic E-state index is 12.6. The van der Waals surface area contributed by atoms with Crippen LogP contribution in [0.25, 0.3) is 10.8 Å². The van der Waals surface area contributed by atoms with Gasteiger partial charge in [-0.05, 0) is 31.2 Å². The zero-order chi connectivity index (χ0) is 20.1. The molecule has 4 rings (SSSR count). The van der Waals surface area contributed by atoms with E-state index in [4.69, 9.17) is 9.47 Å². The zero-order valence-corrected chi connectivity index (χ0v) is 16.7. The van der Waals surface area contributed by atoms with Crippen molar-refractivity contribution in [2.75, 3.05) is 44.8 Å². The number of fused-ring (bicyclic) bond motifs is 1. The highest BCUT2D eigenvalue weighted by molar-refractivity contribution is 6.10. The highest BCUT2D eigenvalue weighted by Gasteiger charge is 2.13. The van der Waals surface area contributed by atoms with E-state index in [0.29, 0.717) is 12.2 Å². The maximum Gasteiger partial charge on any atom is 0.255 e. The normalized spacial score (nSPS) is 14.7. The van der Waals surface area contributed by atoms with E-state index in [1.54, 1.807) is 0 Å². The number of carbonyl (C=O) groups is 1. The lowest BCUT2D eigenvalue weighted by Crippen LogP contribution is -2.38. The lowest BCUT2D eigenvalue weighted by Gasteiger charge is -2.26. The van der Waals surface area contributed by atoms with E-state index in [2.05, 4.69) is 10.2 Å². The molecule has 5 heteroatoms. The summed E-state index contributed by atoms with van der Waals surface area (Å²) >= 11 is 0. The topological polar surface area (TPSA) is 50.8 Å². The van der Waals surface area contributed by atoms with E-state index < -0.39 is 0 Å². The Morgan fingerprint density at radius 2 is 1.72 bits per heavy atom. The van der Waals surface area contributed by atoms with Crippen LogP contribution < -0.4 is 10.1 Å². The molecular weight excluding hydrogens is 364 g/mol. The number of hydrogen-bond acceptors (Lipinski definition) is 4. The van der Waals surface area contributed by atoms with Gasteiger partial charge in [0, 0.05) is 41.7 Å². The molecule has 1 N–H and O–H groups in total. The van der Waals surface area contributed by atoms with Crippen molar-refractivity contribution in [2.45, 2.75) is 6.92 Å². The van der Waals surface area contributed by atoms with Gasteiger partial charge in [-0.25, -0.2) is 0 Å². The molecule has 0 aromatic heterocycles. The maximum absolute atomic E-state index is 12.6. The molecule has 0 radical (unpaired) electrons. The van der Waals surface area contributed by atoms with Crippen molar-refractivity contribution in [3.8, 4) is 5.75 Å². The number of benzene rings is 3. The Balaban J connectivity index is 1.48. The number of rotatable bonds is 6. The van der Waals surface area contributed by atoms with Gasteiger partial charge in [0.2, 0.25) is 0 Å². The quantitative estimate of drug-likeness (QED) is 0.688. The van der Waals surface area contributed by atoms with Gasteiger partial charge in [-0.1, -0.05) is 42.0 Å². The lowest BCUT2D eigenvalue weighted by molar-refractivity contribution is 0.0323. The second-order valence-electron chi connectivity index (χ2n) is 7.28. The van der Waals surface area contributed by atoms with Crippen molar-refractivity contribution >= 4 is 22.4 Å². The number of aryl methyl sites for hydroxylation is 1. The Morgan fingerprint density at radius 1 is 1.00 bits per heavy atom. The average molecular weight is 390 g/mol. The largest absolute Gasteiger partial charge is 0.492 e. The van der Waals surface area contributed by atoms with Crippen LogP contribution >= 0.6 is 0 Å². The van der Waals surface area contributed by atoms with Crippen molar-refractivity contribution in [3.63, 3.8) is 0 Å². The first kappa shape index (κ1) is 19.4. The molecule has 0 aliphatic carbocycles. The molecule has 3 aromatic carbocycles. The molecule has 5 nitrogen and oxygen atoms in total. The highest BCUT2D eigenvalue weighted by atomic mass is 16.5. The van der Waals surface area contributed by atoms with Crippen LogP contribution in [0.3, 0.4) is 0 Å². The molecule has 3 aromatic rings. The minimum absolute atomic E-state index is 0.115. The van der Waals surface area contributed by atoms with Crippen LogP contribution in [0.2, 0.25) is 0 Å². The molecular formula is C24H26N2O3. The number of morpholine rings is 1. The number of carbonyl (C=O) groups excluding carboxylic acids is 1. The van der Waals surface area contributed by atoms with Crippen LogP contribution in [-0.4, -0.2) is 50.3 Å². The van der Waals surface area contributed by atoms with E-state index in [-0.39, 0.29) is 5.91 Å². The molecule has 1 fully saturated rings. The molecule has 1 amide bonds. The zero-order valence-electron chi connectivity index (χ0n) is 16.7.